The van der Waals surface area contributed by atoms with E-state index >= 15 is 0 Å². The molecule has 1 aromatic carbocycles. The number of ether oxygens (including phenoxy) is 2. The number of nitrogens with one attached hydrogen (secondary N) is 2. The quantitative estimate of drug-likeness (QED) is 0.606. The Morgan fingerprint density at radius 2 is 1.97 bits per heavy atom. The van der Waals surface area contributed by atoms with Gasteiger partial charge in [-0.3, -0.25) is 4.79 Å². The van der Waals surface area contributed by atoms with Crippen LogP contribution in [0.25, 0.3) is 0 Å². The van der Waals surface area contributed by atoms with E-state index in [0.29, 0.717) is 43.9 Å². The van der Waals surface area contributed by atoms with E-state index in [9.17, 15) is 14.7 Å². The number of aromatic nitrogens is 1. The van der Waals surface area contributed by atoms with Crippen LogP contribution in [0, 0.1) is 0 Å². The number of piperidine rings is 1. The predicted molar refractivity (Wildman–Crippen MR) is 121 cm³/mol. The molecule has 2 aromatic rings. The van der Waals surface area contributed by atoms with Gasteiger partial charge in [-0.25, -0.2) is 9.78 Å². The number of fused-ring (bicyclic) bond motifs is 1. The molecule has 2 unspecified atom stereocenters. The zero-order chi connectivity index (χ0) is 23.2. The van der Waals surface area contributed by atoms with E-state index in [2.05, 4.69) is 27.8 Å². The molecule has 9 heteroatoms. The van der Waals surface area contributed by atoms with E-state index in [-0.39, 0.29) is 30.7 Å². The maximum Gasteiger partial charge on any atom is 0.409 e. The maximum absolute atomic E-state index is 12.5. The van der Waals surface area contributed by atoms with Gasteiger partial charge >= 0.3 is 6.09 Å². The lowest BCUT2D eigenvalue weighted by Crippen LogP contribution is -2.49. The van der Waals surface area contributed by atoms with E-state index in [1.165, 1.54) is 24.4 Å². The van der Waals surface area contributed by atoms with Crippen molar-refractivity contribution in [3.8, 4) is 5.88 Å². The summed E-state index contributed by atoms with van der Waals surface area (Å²) in [6.07, 6.45) is 2.51. The van der Waals surface area contributed by atoms with Crippen molar-refractivity contribution in [3.05, 3.63) is 59.3 Å². The van der Waals surface area contributed by atoms with Crippen molar-refractivity contribution in [1.29, 1.82) is 0 Å². The molecule has 2 atom stereocenters. The van der Waals surface area contributed by atoms with Crippen LogP contribution < -0.4 is 15.4 Å². The second-order valence-electron chi connectivity index (χ2n) is 8.40. The smallest absolute Gasteiger partial charge is 0.409 e. The van der Waals surface area contributed by atoms with Crippen LogP contribution in [0.3, 0.4) is 0 Å². The normalized spacial score (nSPS) is 19.3. The molecule has 0 bridgehead atoms. The maximum atomic E-state index is 12.5. The number of hydrogen-bond donors (Lipinski definition) is 3. The summed E-state index contributed by atoms with van der Waals surface area (Å²) in [6.45, 7) is 2.00. The van der Waals surface area contributed by atoms with Crippen LogP contribution in [0.1, 0.15) is 34.3 Å². The summed E-state index contributed by atoms with van der Waals surface area (Å²) in [4.78, 5) is 29.9. The first-order chi connectivity index (χ1) is 16.0. The summed E-state index contributed by atoms with van der Waals surface area (Å²) < 4.78 is 10.6. The van der Waals surface area contributed by atoms with E-state index in [4.69, 9.17) is 9.47 Å². The molecule has 1 fully saturated rings. The van der Waals surface area contributed by atoms with E-state index < -0.39 is 6.10 Å². The van der Waals surface area contributed by atoms with Gasteiger partial charge < -0.3 is 30.1 Å². The third-order valence-corrected chi connectivity index (χ3v) is 6.21. The number of rotatable bonds is 6. The molecule has 2 amide bonds. The number of carbonyl (C=O) groups is 2. The molecule has 9 nitrogen and oxygen atoms in total. The molecule has 3 N–H and O–H groups in total. The van der Waals surface area contributed by atoms with Gasteiger partial charge in [0.15, 0.2) is 0 Å². The summed E-state index contributed by atoms with van der Waals surface area (Å²) in [6, 6.07) is 11.4. The molecule has 1 saturated heterocycles. The average molecular weight is 455 g/mol. The Kier molecular flexibility index (Phi) is 7.41. The number of amides is 2. The second-order valence-corrected chi connectivity index (χ2v) is 8.40. The monoisotopic (exact) mass is 454 g/mol. The van der Waals surface area contributed by atoms with Crippen LogP contribution in [-0.2, 0) is 17.7 Å². The van der Waals surface area contributed by atoms with Crippen LogP contribution in [-0.4, -0.2) is 72.0 Å². The highest BCUT2D eigenvalue weighted by molar-refractivity contribution is 5.93. The molecule has 4 rings (SSSR count). The summed E-state index contributed by atoms with van der Waals surface area (Å²) in [5.74, 6) is 0.142. The number of aliphatic hydroxyl groups excluding tert-OH is 1. The highest BCUT2D eigenvalue weighted by atomic mass is 16.5. The number of methoxy groups -OCH3 is 1. The van der Waals surface area contributed by atoms with Crippen molar-refractivity contribution in [2.24, 2.45) is 0 Å². The second kappa shape index (κ2) is 10.6. The molecule has 33 heavy (non-hydrogen) atoms. The van der Waals surface area contributed by atoms with Gasteiger partial charge in [0.1, 0.15) is 6.10 Å². The molecule has 1 aromatic heterocycles. The van der Waals surface area contributed by atoms with E-state index in [1.54, 1.807) is 17.0 Å². The van der Waals surface area contributed by atoms with Crippen molar-refractivity contribution in [2.45, 2.75) is 44.1 Å². The molecule has 0 spiro atoms. The number of aliphatic hydroxyl groups is 1. The Morgan fingerprint density at radius 1 is 1.21 bits per heavy atom. The van der Waals surface area contributed by atoms with Crippen molar-refractivity contribution < 1.29 is 24.2 Å². The Balaban J connectivity index is 1.22. The fourth-order valence-corrected chi connectivity index (χ4v) is 4.23. The summed E-state index contributed by atoms with van der Waals surface area (Å²) in [5, 5.41) is 16.7. The summed E-state index contributed by atoms with van der Waals surface area (Å²) in [5.41, 5.74) is 2.87. The first-order valence-electron chi connectivity index (χ1n) is 11.3. The molecule has 176 valence electrons. The molecular formula is C24H30N4O5. The fourth-order valence-electron chi connectivity index (χ4n) is 4.23. The average Bonchev–Trinajstić information content (AvgIpc) is 2.87. The Morgan fingerprint density at radius 3 is 2.67 bits per heavy atom. The number of nitrogens with zero attached hydrogens (tertiary/aromatic N) is 2. The molecule has 2 aliphatic heterocycles. The van der Waals surface area contributed by atoms with Crippen LogP contribution in [0.4, 0.5) is 4.79 Å². The van der Waals surface area contributed by atoms with Crippen molar-refractivity contribution >= 4 is 12.0 Å². The highest BCUT2D eigenvalue weighted by Crippen LogP contribution is 2.19. The van der Waals surface area contributed by atoms with Crippen LogP contribution in [0.5, 0.6) is 5.88 Å². The number of carbonyl (C=O) groups excluding carboxylic acids is 2. The lowest BCUT2D eigenvalue weighted by atomic mass is 9.93. The van der Waals surface area contributed by atoms with Crippen molar-refractivity contribution in [3.63, 3.8) is 0 Å². The van der Waals surface area contributed by atoms with Gasteiger partial charge in [-0.05, 0) is 23.6 Å². The molecule has 0 saturated carbocycles. The van der Waals surface area contributed by atoms with Crippen LogP contribution >= 0.6 is 0 Å². The fraction of sp³-hybridized carbons (Fsp3) is 0.458. The third-order valence-electron chi connectivity index (χ3n) is 6.21. The minimum Gasteiger partial charge on any atom is -0.474 e. The van der Waals surface area contributed by atoms with Gasteiger partial charge in [0, 0.05) is 57.3 Å². The van der Waals surface area contributed by atoms with Crippen molar-refractivity contribution in [1.82, 2.24) is 20.5 Å². The zero-order valence-corrected chi connectivity index (χ0v) is 18.7. The standard InChI is InChI=1S/C24H30N4O5/c1-32-24(31)28-10-8-19(9-11-28)33-22-7-6-18(14-26-22)23(30)27-15-21(29)20-12-16-4-2-3-5-17(16)13-25-20/h2-7,14,19-21,25,29H,8-13,15H2,1H3,(H,27,30). The van der Waals surface area contributed by atoms with Gasteiger partial charge in [-0.2, -0.15) is 0 Å². The zero-order valence-electron chi connectivity index (χ0n) is 18.7. The van der Waals surface area contributed by atoms with E-state index in [0.717, 1.165) is 6.42 Å². The minimum atomic E-state index is -0.700. The summed E-state index contributed by atoms with van der Waals surface area (Å²) in [7, 11) is 1.37. The van der Waals surface area contributed by atoms with Gasteiger partial charge in [-0.1, -0.05) is 24.3 Å². The van der Waals surface area contributed by atoms with E-state index in [1.807, 2.05) is 12.1 Å². The van der Waals surface area contributed by atoms with Gasteiger partial charge in [-0.15, -0.1) is 0 Å². The molecule has 2 aliphatic rings. The first-order valence-corrected chi connectivity index (χ1v) is 11.3. The summed E-state index contributed by atoms with van der Waals surface area (Å²) >= 11 is 0. The molecule has 0 aliphatic carbocycles. The SMILES string of the molecule is COC(=O)N1CCC(Oc2ccc(C(=O)NCC(O)C3Cc4ccccc4CN3)cn2)CC1. The lowest BCUT2D eigenvalue weighted by Gasteiger charge is -2.30. The highest BCUT2D eigenvalue weighted by Gasteiger charge is 2.26. The Labute approximate surface area is 193 Å². The number of hydrogen-bond acceptors (Lipinski definition) is 7. The lowest BCUT2D eigenvalue weighted by molar-refractivity contribution is 0.0772. The Bertz CT molecular complexity index is 960. The topological polar surface area (TPSA) is 113 Å². The van der Waals surface area contributed by atoms with Crippen LogP contribution in [0.2, 0.25) is 0 Å². The van der Waals surface area contributed by atoms with Crippen molar-refractivity contribution in [2.75, 3.05) is 26.7 Å². The number of pyridine rings is 1. The number of likely N-dealkylation sites (tertiary alicyclic amines) is 1. The molecular weight excluding hydrogens is 424 g/mol. The third kappa shape index (κ3) is 5.80. The molecule has 3 heterocycles. The predicted octanol–water partition coefficient (Wildman–Crippen LogP) is 1.50. The van der Waals surface area contributed by atoms with Gasteiger partial charge in [0.05, 0.1) is 18.8 Å². The number of benzene rings is 1. The van der Waals surface area contributed by atoms with Gasteiger partial charge in [0.25, 0.3) is 5.91 Å². The minimum absolute atomic E-state index is 0.0404. The largest absolute Gasteiger partial charge is 0.474 e. The molecule has 0 radical (unpaired) electrons. The van der Waals surface area contributed by atoms with Gasteiger partial charge in [0.2, 0.25) is 5.88 Å². The Hall–Kier alpha value is -3.17. The van der Waals surface area contributed by atoms with Crippen LogP contribution in [0.15, 0.2) is 42.6 Å². The first kappa shape index (κ1) is 23.0.